The number of rotatable bonds is 1. The maximum atomic E-state index is 4.97. The molecule has 2 nitrogen and oxygen atoms in total. The van der Waals surface area contributed by atoms with Crippen LogP contribution in [0.5, 0.6) is 0 Å². The van der Waals surface area contributed by atoms with Gasteiger partial charge in [0.25, 0.3) is 0 Å². The molecule has 2 aliphatic rings. The van der Waals surface area contributed by atoms with E-state index in [0.717, 1.165) is 12.3 Å². The van der Waals surface area contributed by atoms with Crippen molar-refractivity contribution in [3.05, 3.63) is 72.3 Å². The summed E-state index contributed by atoms with van der Waals surface area (Å²) < 4.78 is 0. The van der Waals surface area contributed by atoms with Crippen molar-refractivity contribution in [3.8, 4) is 0 Å². The molecule has 5 rings (SSSR count). The normalized spacial score (nSPS) is 19.4. The highest BCUT2D eigenvalue weighted by atomic mass is 32.2. The Morgan fingerprint density at radius 3 is 2.65 bits per heavy atom. The van der Waals surface area contributed by atoms with E-state index in [1.165, 1.54) is 32.6 Å². The number of hydrogen-bond donors (Lipinski definition) is 0. The van der Waals surface area contributed by atoms with Crippen LogP contribution in [0.2, 0.25) is 0 Å². The molecule has 0 saturated carbocycles. The second kappa shape index (κ2) is 5.14. The van der Waals surface area contributed by atoms with E-state index in [0.29, 0.717) is 5.92 Å². The predicted molar refractivity (Wildman–Crippen MR) is 98.5 cm³/mol. The maximum Gasteiger partial charge on any atom is 0.0751 e. The Hall–Kier alpha value is -2.26. The van der Waals surface area contributed by atoms with Crippen LogP contribution in [0.3, 0.4) is 0 Å². The summed E-state index contributed by atoms with van der Waals surface area (Å²) >= 11 is 1.98. The van der Waals surface area contributed by atoms with Crippen molar-refractivity contribution in [2.24, 2.45) is 11.0 Å². The fraction of sp³-hybridized carbons (Fsp3) is 0.150. The molecule has 0 N–H and O–H groups in total. The maximum absolute atomic E-state index is 4.97. The van der Waals surface area contributed by atoms with Crippen molar-refractivity contribution < 1.29 is 0 Å². The molecule has 112 valence electrons. The molecule has 23 heavy (non-hydrogen) atoms. The van der Waals surface area contributed by atoms with Gasteiger partial charge in [0.1, 0.15) is 0 Å². The van der Waals surface area contributed by atoms with Crippen molar-refractivity contribution in [2.75, 3.05) is 17.3 Å². The van der Waals surface area contributed by atoms with Crippen LogP contribution in [0.4, 0.5) is 5.69 Å². The van der Waals surface area contributed by atoms with Gasteiger partial charge in [-0.3, -0.25) is 5.01 Å². The third-order valence-electron chi connectivity index (χ3n) is 4.65. The van der Waals surface area contributed by atoms with Gasteiger partial charge in [-0.2, -0.15) is 5.10 Å². The molecular formula is C20H16N2S. The first kappa shape index (κ1) is 13.2. The van der Waals surface area contributed by atoms with Crippen molar-refractivity contribution in [1.82, 2.24) is 0 Å². The minimum atomic E-state index is 0.522. The Morgan fingerprint density at radius 2 is 1.74 bits per heavy atom. The number of anilines is 1. The monoisotopic (exact) mass is 316 g/mol. The molecule has 2 heterocycles. The van der Waals surface area contributed by atoms with Gasteiger partial charge in [0.2, 0.25) is 0 Å². The van der Waals surface area contributed by atoms with Crippen LogP contribution in [0.15, 0.2) is 76.7 Å². The second-order valence-corrected chi connectivity index (χ2v) is 7.10. The van der Waals surface area contributed by atoms with Crippen LogP contribution in [-0.4, -0.2) is 18.0 Å². The standard InChI is InChI=1S/C20H16N2S/c1-2-7-16(8-3-1)22-12-15-13-23-20-17-9-5-4-6-14(17)10-11-18(20)19(15)21-22/h1-11,15H,12-13H2/t15-/m1/s1. The van der Waals surface area contributed by atoms with Gasteiger partial charge in [-0.1, -0.05) is 54.6 Å². The minimum Gasteiger partial charge on any atom is -0.265 e. The third kappa shape index (κ3) is 2.07. The highest BCUT2D eigenvalue weighted by Gasteiger charge is 2.33. The van der Waals surface area contributed by atoms with Crippen LogP contribution in [-0.2, 0) is 0 Å². The lowest BCUT2D eigenvalue weighted by Gasteiger charge is -2.22. The van der Waals surface area contributed by atoms with E-state index in [9.17, 15) is 0 Å². The van der Waals surface area contributed by atoms with Crippen molar-refractivity contribution in [2.45, 2.75) is 4.90 Å². The Bertz CT molecular complexity index is 917. The summed E-state index contributed by atoms with van der Waals surface area (Å²) in [6.07, 6.45) is 0. The smallest absolute Gasteiger partial charge is 0.0751 e. The summed E-state index contributed by atoms with van der Waals surface area (Å²) in [5.41, 5.74) is 3.76. The number of nitrogens with zero attached hydrogens (tertiary/aromatic N) is 2. The Morgan fingerprint density at radius 1 is 0.913 bits per heavy atom. The largest absolute Gasteiger partial charge is 0.265 e. The Balaban J connectivity index is 1.64. The fourth-order valence-corrected chi connectivity index (χ4v) is 4.80. The number of fused-ring (bicyclic) bond motifs is 5. The molecule has 2 aliphatic heterocycles. The van der Waals surface area contributed by atoms with Crippen molar-refractivity contribution >= 4 is 33.9 Å². The zero-order valence-corrected chi connectivity index (χ0v) is 13.5. The molecule has 1 atom stereocenters. The van der Waals surface area contributed by atoms with Crippen LogP contribution < -0.4 is 5.01 Å². The number of benzene rings is 3. The molecule has 0 radical (unpaired) electrons. The second-order valence-electron chi connectivity index (χ2n) is 6.07. The first-order valence-electron chi connectivity index (χ1n) is 7.96. The quantitative estimate of drug-likeness (QED) is 0.641. The highest BCUT2D eigenvalue weighted by Crippen LogP contribution is 2.41. The summed E-state index contributed by atoms with van der Waals surface area (Å²) in [5, 5.41) is 9.79. The van der Waals surface area contributed by atoms with E-state index in [1.54, 1.807) is 0 Å². The molecule has 3 aromatic rings. The molecule has 3 aromatic carbocycles. The van der Waals surface area contributed by atoms with Gasteiger partial charge < -0.3 is 0 Å². The third-order valence-corrected chi connectivity index (χ3v) is 5.94. The van der Waals surface area contributed by atoms with Crippen molar-refractivity contribution in [3.63, 3.8) is 0 Å². The topological polar surface area (TPSA) is 15.6 Å². The molecular weight excluding hydrogens is 300 g/mol. The van der Waals surface area contributed by atoms with Crippen LogP contribution in [0.25, 0.3) is 10.8 Å². The number of hydrogen-bond acceptors (Lipinski definition) is 3. The van der Waals surface area contributed by atoms with E-state index in [1.807, 2.05) is 11.8 Å². The van der Waals surface area contributed by atoms with Crippen molar-refractivity contribution in [1.29, 1.82) is 0 Å². The summed E-state index contributed by atoms with van der Waals surface area (Å²) in [4.78, 5) is 1.40. The van der Waals surface area contributed by atoms with Gasteiger partial charge >= 0.3 is 0 Å². The van der Waals surface area contributed by atoms with E-state index >= 15 is 0 Å². The lowest BCUT2D eigenvalue weighted by atomic mass is 9.96. The Kier molecular flexibility index (Phi) is 2.95. The molecule has 0 aromatic heterocycles. The summed E-state index contributed by atoms with van der Waals surface area (Å²) in [5.74, 6) is 1.64. The molecule has 0 fully saturated rings. The van der Waals surface area contributed by atoms with Gasteiger partial charge in [-0.15, -0.1) is 11.8 Å². The molecule has 0 unspecified atom stereocenters. The van der Waals surface area contributed by atoms with Crippen LogP contribution >= 0.6 is 11.8 Å². The zero-order chi connectivity index (χ0) is 15.2. The number of thioether (sulfide) groups is 1. The van der Waals surface area contributed by atoms with Gasteiger partial charge in [0, 0.05) is 22.1 Å². The van der Waals surface area contributed by atoms with Gasteiger partial charge in [0.05, 0.1) is 17.9 Å². The van der Waals surface area contributed by atoms with Crippen LogP contribution in [0.1, 0.15) is 5.56 Å². The average Bonchev–Trinajstić information content (AvgIpc) is 3.07. The highest BCUT2D eigenvalue weighted by molar-refractivity contribution is 7.99. The molecule has 0 aliphatic carbocycles. The SMILES string of the molecule is c1ccc(N2C[C@@H]3CSc4c(ccc5ccccc45)C3=N2)cc1. The summed E-state index contributed by atoms with van der Waals surface area (Å²) in [6.45, 7) is 0.985. The lowest BCUT2D eigenvalue weighted by molar-refractivity contribution is 0.781. The van der Waals surface area contributed by atoms with E-state index in [2.05, 4.69) is 71.7 Å². The van der Waals surface area contributed by atoms with E-state index < -0.39 is 0 Å². The molecule has 0 saturated heterocycles. The van der Waals surface area contributed by atoms with Crippen LogP contribution in [0, 0.1) is 5.92 Å². The van der Waals surface area contributed by atoms with E-state index in [4.69, 9.17) is 5.10 Å². The molecule has 0 spiro atoms. The van der Waals surface area contributed by atoms with Gasteiger partial charge in [-0.05, 0) is 22.9 Å². The first-order chi connectivity index (χ1) is 11.4. The fourth-order valence-electron chi connectivity index (χ4n) is 3.50. The molecule has 3 heteroatoms. The van der Waals surface area contributed by atoms with E-state index in [-0.39, 0.29) is 0 Å². The first-order valence-corrected chi connectivity index (χ1v) is 8.95. The predicted octanol–water partition coefficient (Wildman–Crippen LogP) is 4.79. The average molecular weight is 316 g/mol. The zero-order valence-electron chi connectivity index (χ0n) is 12.6. The minimum absolute atomic E-state index is 0.522. The lowest BCUT2D eigenvalue weighted by Crippen LogP contribution is -2.24. The number of hydrazone groups is 1. The Labute approximate surface area is 139 Å². The summed E-state index contributed by atoms with van der Waals surface area (Å²) in [6, 6.07) is 23.6. The molecule has 0 amide bonds. The number of para-hydroxylation sites is 1. The van der Waals surface area contributed by atoms with Gasteiger partial charge in [0.15, 0.2) is 0 Å². The summed E-state index contributed by atoms with van der Waals surface area (Å²) in [7, 11) is 0. The molecule has 0 bridgehead atoms. The van der Waals surface area contributed by atoms with Gasteiger partial charge in [-0.25, -0.2) is 0 Å².